The average Bonchev–Trinajstić information content (AvgIpc) is 3.17. The number of H-pyrrole nitrogens is 1. The third-order valence-electron chi connectivity index (χ3n) is 5.56. The zero-order chi connectivity index (χ0) is 24.2. The molecule has 7 heteroatoms. The molecule has 0 saturated heterocycles. The molecule has 0 radical (unpaired) electrons. The van der Waals surface area contributed by atoms with Gasteiger partial charge in [0, 0.05) is 23.8 Å². The number of hydrogen-bond donors (Lipinski definition) is 4. The number of hydrogen-bond acceptors (Lipinski definition) is 3. The van der Waals surface area contributed by atoms with Crippen LogP contribution in [0.15, 0.2) is 48.7 Å². The van der Waals surface area contributed by atoms with E-state index in [9.17, 15) is 15.0 Å². The largest absolute Gasteiger partial charge is 0.519 e. The summed E-state index contributed by atoms with van der Waals surface area (Å²) in [6, 6.07) is 12.1. The number of aromatic hydroxyl groups is 1. The molecule has 0 fully saturated rings. The number of carbonyl (C=O) groups is 1. The van der Waals surface area contributed by atoms with Gasteiger partial charge in [-0.15, -0.1) is 0 Å². The minimum absolute atomic E-state index is 0.00961. The fourth-order valence-corrected chi connectivity index (χ4v) is 3.88. The quantitative estimate of drug-likeness (QED) is 0.328. The Morgan fingerprint density at radius 1 is 1.21 bits per heavy atom. The molecule has 0 saturated carbocycles. The van der Waals surface area contributed by atoms with Crippen LogP contribution in [0.25, 0.3) is 16.1 Å². The van der Waals surface area contributed by atoms with Crippen LogP contribution in [-0.2, 0) is 18.9 Å². The zero-order valence-electron chi connectivity index (χ0n) is 19.5. The number of phenols is 1. The summed E-state index contributed by atoms with van der Waals surface area (Å²) in [5, 5.41) is 22.1. The molecule has 1 amide bonds. The molecular weight excluding hydrogens is 416 g/mol. The number of aliphatic hydroxyl groups excluding tert-OH is 1. The minimum Gasteiger partial charge on any atom is -0.519 e. The summed E-state index contributed by atoms with van der Waals surface area (Å²) in [5.74, 6) is 0.644. The first kappa shape index (κ1) is 24.0. The van der Waals surface area contributed by atoms with E-state index < -0.39 is 0 Å². The highest BCUT2D eigenvalue weighted by molar-refractivity contribution is 5.95. The second-order valence-electron chi connectivity index (χ2n) is 9.28. The second-order valence-corrected chi connectivity index (χ2v) is 9.28. The van der Waals surface area contributed by atoms with Crippen molar-refractivity contribution in [2.75, 3.05) is 6.61 Å². The number of aromatic nitrogens is 2. The first-order chi connectivity index (χ1) is 15.6. The normalized spacial score (nSPS) is 12.2. The molecule has 33 heavy (non-hydrogen) atoms. The standard InChI is InChI=1S/C26H30N4O3/c1-26(2,3)25-29-22(16-30(25)5)18-8-6-17(7-9-18)14-20(12-13-31)28-24(33)19-10-11-23(32)21(15-19)27-4/h6-11,15-16,20,31H,12-14H2,1-3,5H3,(H2,28,32,33)/p+1/t20-/m1/s1. The number of benzene rings is 2. The van der Waals surface area contributed by atoms with Gasteiger partial charge in [0.1, 0.15) is 11.9 Å². The molecule has 1 atom stereocenters. The van der Waals surface area contributed by atoms with Crippen LogP contribution in [0, 0.1) is 6.57 Å². The van der Waals surface area contributed by atoms with Gasteiger partial charge in [-0.3, -0.25) is 4.79 Å². The van der Waals surface area contributed by atoms with Gasteiger partial charge >= 0.3 is 0 Å². The van der Waals surface area contributed by atoms with E-state index in [0.29, 0.717) is 18.4 Å². The number of rotatable bonds is 7. The lowest BCUT2D eigenvalue weighted by Gasteiger charge is -2.18. The third-order valence-corrected chi connectivity index (χ3v) is 5.56. The number of aryl methyl sites for hydroxylation is 1. The highest BCUT2D eigenvalue weighted by atomic mass is 16.3. The fraction of sp³-hybridized carbons (Fsp3) is 0.346. The van der Waals surface area contributed by atoms with E-state index in [4.69, 9.17) is 6.57 Å². The molecule has 0 unspecified atom stereocenters. The molecule has 1 heterocycles. The number of carbonyl (C=O) groups excluding carboxylic acids is 1. The monoisotopic (exact) mass is 447 g/mol. The Hall–Kier alpha value is -3.63. The number of aliphatic hydroxyl groups is 1. The van der Waals surface area contributed by atoms with Gasteiger partial charge in [0.15, 0.2) is 5.69 Å². The Labute approximate surface area is 194 Å². The maximum absolute atomic E-state index is 12.7. The third kappa shape index (κ3) is 5.79. The predicted molar refractivity (Wildman–Crippen MR) is 127 cm³/mol. The lowest BCUT2D eigenvalue weighted by molar-refractivity contribution is -0.681. The Kier molecular flexibility index (Phi) is 7.19. The van der Waals surface area contributed by atoms with E-state index in [1.54, 1.807) is 0 Å². The van der Waals surface area contributed by atoms with Crippen LogP contribution >= 0.6 is 0 Å². The average molecular weight is 448 g/mol. The number of imidazole rings is 1. The van der Waals surface area contributed by atoms with Gasteiger partial charge in [0.25, 0.3) is 5.82 Å². The minimum atomic E-state index is -0.344. The van der Waals surface area contributed by atoms with Gasteiger partial charge in [-0.2, -0.15) is 0 Å². The molecule has 0 aliphatic rings. The summed E-state index contributed by atoms with van der Waals surface area (Å²) < 4.78 is 2.11. The summed E-state index contributed by atoms with van der Waals surface area (Å²) in [6.45, 7) is 13.5. The molecule has 2 aromatic carbocycles. The molecule has 3 rings (SSSR count). The number of nitrogens with zero attached hydrogens (tertiary/aromatic N) is 2. The Morgan fingerprint density at radius 2 is 1.91 bits per heavy atom. The second kappa shape index (κ2) is 9.88. The molecule has 7 nitrogen and oxygen atoms in total. The maximum atomic E-state index is 12.7. The summed E-state index contributed by atoms with van der Waals surface area (Å²) in [7, 11) is 2.03. The van der Waals surface area contributed by atoms with E-state index in [0.717, 1.165) is 22.6 Å². The van der Waals surface area contributed by atoms with Crippen molar-refractivity contribution in [2.45, 2.75) is 45.1 Å². The summed E-state index contributed by atoms with van der Waals surface area (Å²) >= 11 is 0. The summed E-state index contributed by atoms with van der Waals surface area (Å²) in [4.78, 5) is 19.4. The SMILES string of the molecule is [C-]#[N+]c1cc(C(=O)N[C@H](CCO)Cc2ccc(-c3c[n+](C)c(C(C)(C)C)[nH]3)cc2)ccc1O. The van der Waals surface area contributed by atoms with Crippen LogP contribution in [0.2, 0.25) is 0 Å². The van der Waals surface area contributed by atoms with Gasteiger partial charge in [-0.25, -0.2) is 14.4 Å². The first-order valence-corrected chi connectivity index (χ1v) is 10.9. The van der Waals surface area contributed by atoms with Crippen LogP contribution in [0.1, 0.15) is 48.9 Å². The van der Waals surface area contributed by atoms with Crippen LogP contribution in [0.5, 0.6) is 5.75 Å². The fourth-order valence-electron chi connectivity index (χ4n) is 3.88. The van der Waals surface area contributed by atoms with Gasteiger partial charge < -0.3 is 15.5 Å². The van der Waals surface area contributed by atoms with E-state index in [1.807, 2.05) is 31.3 Å². The van der Waals surface area contributed by atoms with Gasteiger partial charge in [0.2, 0.25) is 11.6 Å². The van der Waals surface area contributed by atoms with E-state index in [-0.39, 0.29) is 35.4 Å². The highest BCUT2D eigenvalue weighted by Crippen LogP contribution is 2.27. The molecule has 1 aromatic heterocycles. The van der Waals surface area contributed by atoms with Crippen molar-refractivity contribution in [3.63, 3.8) is 0 Å². The Bertz CT molecular complexity index is 1170. The molecule has 0 aliphatic heterocycles. The van der Waals surface area contributed by atoms with Crippen LogP contribution in [-0.4, -0.2) is 33.8 Å². The van der Waals surface area contributed by atoms with Crippen molar-refractivity contribution in [3.05, 3.63) is 77.0 Å². The van der Waals surface area contributed by atoms with Crippen molar-refractivity contribution in [2.24, 2.45) is 7.05 Å². The molecule has 0 aliphatic carbocycles. The summed E-state index contributed by atoms with van der Waals surface area (Å²) in [6.07, 6.45) is 3.05. The molecule has 4 N–H and O–H groups in total. The summed E-state index contributed by atoms with van der Waals surface area (Å²) in [5.41, 5.74) is 3.49. The van der Waals surface area contributed by atoms with Crippen LogP contribution < -0.4 is 9.88 Å². The molecule has 3 aromatic rings. The smallest absolute Gasteiger partial charge is 0.259 e. The van der Waals surface area contributed by atoms with Gasteiger partial charge in [-0.05, 0) is 57.4 Å². The van der Waals surface area contributed by atoms with Crippen LogP contribution in [0.4, 0.5) is 5.69 Å². The van der Waals surface area contributed by atoms with Crippen molar-refractivity contribution in [3.8, 4) is 17.0 Å². The lowest BCUT2D eigenvalue weighted by atomic mass is 9.96. The van der Waals surface area contributed by atoms with Crippen molar-refractivity contribution >= 4 is 11.6 Å². The zero-order valence-corrected chi connectivity index (χ0v) is 19.5. The Balaban J connectivity index is 1.72. The highest BCUT2D eigenvalue weighted by Gasteiger charge is 2.27. The number of aromatic amines is 1. The first-order valence-electron chi connectivity index (χ1n) is 10.9. The van der Waals surface area contributed by atoms with E-state index in [2.05, 4.69) is 46.7 Å². The Morgan fingerprint density at radius 3 is 2.48 bits per heavy atom. The van der Waals surface area contributed by atoms with Crippen LogP contribution in [0.3, 0.4) is 0 Å². The number of amides is 1. The molecule has 0 bridgehead atoms. The number of phenolic OH excluding ortho intramolecular Hbond substituents is 1. The van der Waals surface area contributed by atoms with E-state index >= 15 is 0 Å². The maximum Gasteiger partial charge on any atom is 0.259 e. The van der Waals surface area contributed by atoms with Crippen molar-refractivity contribution < 1.29 is 19.6 Å². The lowest BCUT2D eigenvalue weighted by Crippen LogP contribution is -2.37. The van der Waals surface area contributed by atoms with Gasteiger partial charge in [-0.1, -0.05) is 24.3 Å². The topological polar surface area (TPSA) is 93.6 Å². The molecule has 0 spiro atoms. The molecule has 172 valence electrons. The number of nitrogens with one attached hydrogen (secondary N) is 2. The van der Waals surface area contributed by atoms with Gasteiger partial charge in [0.05, 0.1) is 19.0 Å². The van der Waals surface area contributed by atoms with E-state index in [1.165, 1.54) is 18.2 Å². The van der Waals surface area contributed by atoms with Crippen molar-refractivity contribution in [1.82, 2.24) is 10.3 Å². The van der Waals surface area contributed by atoms with Crippen molar-refractivity contribution in [1.29, 1.82) is 0 Å². The predicted octanol–water partition coefficient (Wildman–Crippen LogP) is 3.78. The molecular formula is C26H31N4O3+.